The van der Waals surface area contributed by atoms with Crippen molar-refractivity contribution in [1.29, 1.82) is 0 Å². The standard InChI is InChI=1S/C16H32N4O2/c1-5-19(6-2)12-9-17-15(21)14-7-10-20(11-8-14)16(22)18-13(3)4/h13-14H,5-12H2,1-4H3,(H,17,21)(H,18,22). The minimum Gasteiger partial charge on any atom is -0.355 e. The second-order valence-electron chi connectivity index (χ2n) is 6.18. The molecule has 1 aliphatic heterocycles. The van der Waals surface area contributed by atoms with E-state index in [0.717, 1.165) is 32.5 Å². The molecule has 0 aromatic rings. The Morgan fingerprint density at radius 2 is 1.77 bits per heavy atom. The van der Waals surface area contributed by atoms with Crippen LogP contribution in [0.15, 0.2) is 0 Å². The quantitative estimate of drug-likeness (QED) is 0.744. The van der Waals surface area contributed by atoms with E-state index in [1.54, 1.807) is 4.90 Å². The Morgan fingerprint density at radius 1 is 1.18 bits per heavy atom. The molecule has 0 atom stereocenters. The lowest BCUT2D eigenvalue weighted by Crippen LogP contribution is -2.48. The first-order chi connectivity index (χ1) is 10.5. The predicted octanol–water partition coefficient (Wildman–Crippen LogP) is 1.27. The van der Waals surface area contributed by atoms with E-state index in [1.807, 2.05) is 13.8 Å². The largest absolute Gasteiger partial charge is 0.355 e. The summed E-state index contributed by atoms with van der Waals surface area (Å²) in [5.74, 6) is 0.177. The summed E-state index contributed by atoms with van der Waals surface area (Å²) in [6.07, 6.45) is 1.51. The van der Waals surface area contributed by atoms with Crippen molar-refractivity contribution in [3.8, 4) is 0 Å². The number of rotatable bonds is 7. The number of nitrogens with zero attached hydrogens (tertiary/aromatic N) is 2. The number of likely N-dealkylation sites (tertiary alicyclic amines) is 1. The summed E-state index contributed by atoms with van der Waals surface area (Å²) in [6, 6.07) is 0.129. The maximum absolute atomic E-state index is 12.2. The van der Waals surface area contributed by atoms with E-state index in [9.17, 15) is 9.59 Å². The predicted molar refractivity (Wildman–Crippen MR) is 88.8 cm³/mol. The van der Waals surface area contributed by atoms with E-state index >= 15 is 0 Å². The molecule has 0 unspecified atom stereocenters. The molecule has 1 rings (SSSR count). The Kier molecular flexibility index (Phi) is 8.24. The summed E-state index contributed by atoms with van der Waals surface area (Å²) in [4.78, 5) is 28.2. The highest BCUT2D eigenvalue weighted by Crippen LogP contribution is 2.17. The van der Waals surface area contributed by atoms with Gasteiger partial charge in [0, 0.05) is 38.1 Å². The number of urea groups is 1. The number of hydrogen-bond acceptors (Lipinski definition) is 3. The van der Waals surface area contributed by atoms with Crippen molar-refractivity contribution in [3.05, 3.63) is 0 Å². The normalized spacial score (nSPS) is 16.2. The molecule has 0 aromatic carbocycles. The van der Waals surface area contributed by atoms with Gasteiger partial charge in [0.25, 0.3) is 0 Å². The minimum absolute atomic E-state index is 0.0182. The number of likely N-dealkylation sites (N-methyl/N-ethyl adjacent to an activating group) is 1. The summed E-state index contributed by atoms with van der Waals surface area (Å²) in [7, 11) is 0. The molecular formula is C16H32N4O2. The smallest absolute Gasteiger partial charge is 0.317 e. The van der Waals surface area contributed by atoms with Crippen LogP contribution in [-0.2, 0) is 4.79 Å². The molecule has 1 saturated heterocycles. The molecule has 1 fully saturated rings. The molecule has 6 nitrogen and oxygen atoms in total. The molecule has 0 aliphatic carbocycles. The Hall–Kier alpha value is -1.30. The molecule has 0 bridgehead atoms. The lowest BCUT2D eigenvalue weighted by atomic mass is 9.96. The van der Waals surface area contributed by atoms with E-state index in [0.29, 0.717) is 19.6 Å². The molecule has 1 aliphatic rings. The van der Waals surface area contributed by atoms with Crippen molar-refractivity contribution >= 4 is 11.9 Å². The second kappa shape index (κ2) is 9.66. The average molecular weight is 312 g/mol. The van der Waals surface area contributed by atoms with Crippen molar-refractivity contribution in [2.75, 3.05) is 39.3 Å². The molecule has 0 saturated carbocycles. The average Bonchev–Trinajstić information content (AvgIpc) is 2.51. The van der Waals surface area contributed by atoms with Gasteiger partial charge in [0.2, 0.25) is 5.91 Å². The molecule has 6 heteroatoms. The molecule has 22 heavy (non-hydrogen) atoms. The first-order valence-corrected chi connectivity index (χ1v) is 8.53. The molecule has 3 amide bonds. The van der Waals surface area contributed by atoms with Gasteiger partial charge >= 0.3 is 6.03 Å². The summed E-state index contributed by atoms with van der Waals surface area (Å²) in [5.41, 5.74) is 0. The first-order valence-electron chi connectivity index (χ1n) is 8.53. The van der Waals surface area contributed by atoms with Crippen LogP contribution in [0.25, 0.3) is 0 Å². The van der Waals surface area contributed by atoms with E-state index in [4.69, 9.17) is 0 Å². The molecule has 128 valence electrons. The first kappa shape index (κ1) is 18.7. The number of carbonyl (C=O) groups excluding carboxylic acids is 2. The molecule has 1 heterocycles. The Balaban J connectivity index is 2.26. The van der Waals surface area contributed by atoms with E-state index in [1.165, 1.54) is 0 Å². The number of nitrogens with one attached hydrogen (secondary N) is 2. The van der Waals surface area contributed by atoms with Crippen LogP contribution in [0.1, 0.15) is 40.5 Å². The van der Waals surface area contributed by atoms with Gasteiger partial charge in [-0.1, -0.05) is 13.8 Å². The van der Waals surface area contributed by atoms with Gasteiger partial charge in [-0.05, 0) is 39.8 Å². The highest BCUT2D eigenvalue weighted by Gasteiger charge is 2.27. The van der Waals surface area contributed by atoms with Crippen LogP contribution in [0.5, 0.6) is 0 Å². The fourth-order valence-electron chi connectivity index (χ4n) is 2.70. The highest BCUT2D eigenvalue weighted by atomic mass is 16.2. The SMILES string of the molecule is CCN(CC)CCNC(=O)C1CCN(C(=O)NC(C)C)CC1. The molecule has 0 spiro atoms. The molecule has 0 radical (unpaired) electrons. The Bertz CT molecular complexity index is 348. The second-order valence-corrected chi connectivity index (χ2v) is 6.18. The van der Waals surface area contributed by atoms with Crippen LogP contribution in [0.2, 0.25) is 0 Å². The zero-order valence-electron chi connectivity index (χ0n) is 14.5. The van der Waals surface area contributed by atoms with Crippen LogP contribution in [0, 0.1) is 5.92 Å². The summed E-state index contributed by atoms with van der Waals surface area (Å²) in [6.45, 7) is 13.1. The van der Waals surface area contributed by atoms with Crippen molar-refractivity contribution in [3.63, 3.8) is 0 Å². The van der Waals surface area contributed by atoms with E-state index in [2.05, 4.69) is 29.4 Å². The summed E-state index contributed by atoms with van der Waals surface area (Å²) < 4.78 is 0. The van der Waals surface area contributed by atoms with Gasteiger partial charge in [0.15, 0.2) is 0 Å². The fourth-order valence-corrected chi connectivity index (χ4v) is 2.70. The van der Waals surface area contributed by atoms with Gasteiger partial charge in [-0.3, -0.25) is 4.79 Å². The van der Waals surface area contributed by atoms with Gasteiger partial charge < -0.3 is 20.4 Å². The maximum atomic E-state index is 12.2. The fraction of sp³-hybridized carbons (Fsp3) is 0.875. The van der Waals surface area contributed by atoms with Crippen molar-refractivity contribution < 1.29 is 9.59 Å². The molecule has 0 aromatic heterocycles. The summed E-state index contributed by atoms with van der Waals surface area (Å²) >= 11 is 0. The van der Waals surface area contributed by atoms with Crippen LogP contribution in [-0.4, -0.2) is 67.0 Å². The van der Waals surface area contributed by atoms with Gasteiger partial charge in [0.1, 0.15) is 0 Å². The van der Waals surface area contributed by atoms with Gasteiger partial charge in [-0.25, -0.2) is 4.79 Å². The zero-order valence-corrected chi connectivity index (χ0v) is 14.5. The van der Waals surface area contributed by atoms with Crippen molar-refractivity contribution in [1.82, 2.24) is 20.4 Å². The highest BCUT2D eigenvalue weighted by molar-refractivity contribution is 5.79. The topological polar surface area (TPSA) is 64.7 Å². The third-order valence-electron chi connectivity index (χ3n) is 4.19. The number of amides is 3. The van der Waals surface area contributed by atoms with Gasteiger partial charge in [-0.15, -0.1) is 0 Å². The maximum Gasteiger partial charge on any atom is 0.317 e. The minimum atomic E-state index is -0.0182. The Morgan fingerprint density at radius 3 is 2.27 bits per heavy atom. The summed E-state index contributed by atoms with van der Waals surface area (Å²) in [5, 5.41) is 5.93. The third-order valence-corrected chi connectivity index (χ3v) is 4.19. The van der Waals surface area contributed by atoms with Crippen LogP contribution in [0.3, 0.4) is 0 Å². The number of hydrogen-bond donors (Lipinski definition) is 2. The third kappa shape index (κ3) is 6.22. The van der Waals surface area contributed by atoms with Gasteiger partial charge in [-0.2, -0.15) is 0 Å². The van der Waals surface area contributed by atoms with Gasteiger partial charge in [0.05, 0.1) is 0 Å². The van der Waals surface area contributed by atoms with Crippen molar-refractivity contribution in [2.45, 2.75) is 46.6 Å². The lowest BCUT2D eigenvalue weighted by molar-refractivity contribution is -0.126. The van der Waals surface area contributed by atoms with Crippen LogP contribution in [0.4, 0.5) is 4.79 Å². The monoisotopic (exact) mass is 312 g/mol. The number of carbonyl (C=O) groups is 2. The lowest BCUT2D eigenvalue weighted by Gasteiger charge is -2.32. The Labute approximate surface area is 134 Å². The van der Waals surface area contributed by atoms with Crippen LogP contribution < -0.4 is 10.6 Å². The van der Waals surface area contributed by atoms with Crippen molar-refractivity contribution in [2.24, 2.45) is 5.92 Å². The molecule has 2 N–H and O–H groups in total. The van der Waals surface area contributed by atoms with Crippen LogP contribution >= 0.6 is 0 Å². The zero-order chi connectivity index (χ0) is 16.5. The van der Waals surface area contributed by atoms with E-state index < -0.39 is 0 Å². The number of piperidine rings is 1. The molecular weight excluding hydrogens is 280 g/mol. The van der Waals surface area contributed by atoms with E-state index in [-0.39, 0.29) is 23.9 Å².